The molecule has 0 aliphatic rings. The van der Waals surface area contributed by atoms with Crippen LogP contribution in [0.3, 0.4) is 0 Å². The van der Waals surface area contributed by atoms with Gasteiger partial charge >= 0.3 is 0 Å². The second-order valence-corrected chi connectivity index (χ2v) is 11.4. The van der Waals surface area contributed by atoms with Crippen molar-refractivity contribution >= 4 is 52.1 Å². The number of nitrogens with two attached hydrogens (primary N) is 1. The van der Waals surface area contributed by atoms with E-state index in [4.69, 9.17) is 39.5 Å². The van der Waals surface area contributed by atoms with Crippen LogP contribution in [0.4, 0.5) is 0 Å². The van der Waals surface area contributed by atoms with E-state index >= 15 is 0 Å². The van der Waals surface area contributed by atoms with Crippen LogP contribution in [0.5, 0.6) is 5.75 Å². The van der Waals surface area contributed by atoms with E-state index in [1.807, 2.05) is 0 Å². The van der Waals surface area contributed by atoms with E-state index in [1.165, 1.54) is 13.1 Å². The van der Waals surface area contributed by atoms with E-state index in [1.54, 1.807) is 48.5 Å². The van der Waals surface area contributed by atoms with Gasteiger partial charge in [0.25, 0.3) is 0 Å². The summed E-state index contributed by atoms with van der Waals surface area (Å²) in [4.78, 5) is 13.0. The third-order valence-electron chi connectivity index (χ3n) is 2.64. The van der Waals surface area contributed by atoms with Gasteiger partial charge in [0.05, 0.1) is 13.1 Å². The summed E-state index contributed by atoms with van der Waals surface area (Å²) in [6.07, 6.45) is 0. The van der Waals surface area contributed by atoms with Crippen molar-refractivity contribution in [3.05, 3.63) is 58.6 Å². The first-order valence-electron chi connectivity index (χ1n) is 7.39. The second-order valence-electron chi connectivity index (χ2n) is 4.64. The normalized spacial score (nSPS) is 12.7. The fraction of sp³-hybridized carbons (Fsp3) is 0.250. The molecule has 0 bridgehead atoms. The minimum Gasteiger partial charge on any atom is -0.783 e. The highest BCUT2D eigenvalue weighted by Gasteiger charge is 2.08. The maximum absolute atomic E-state index is 12.2. The Labute approximate surface area is 162 Å². The Kier molecular flexibility index (Phi) is 10.3. The molecule has 0 saturated carbocycles. The number of rotatable bonds is 6. The van der Waals surface area contributed by atoms with E-state index in [0.717, 1.165) is 16.3 Å². The number of quaternary nitrogens is 1. The Morgan fingerprint density at radius 1 is 1.00 bits per heavy atom. The first-order valence-corrected chi connectivity index (χ1v) is 12.2. The Morgan fingerprint density at radius 2 is 1.46 bits per heavy atom. The molecule has 0 aromatic heterocycles. The lowest BCUT2D eigenvalue weighted by atomic mass is 10.3. The summed E-state index contributed by atoms with van der Waals surface area (Å²) in [7, 11) is 0. The van der Waals surface area contributed by atoms with E-state index in [2.05, 4.69) is 19.2 Å². The quantitative estimate of drug-likeness (QED) is 0.701. The molecule has 8 heteroatoms. The average Bonchev–Trinajstić information content (AvgIpc) is 2.53. The molecule has 1 unspecified atom stereocenters. The van der Waals surface area contributed by atoms with Crippen LogP contribution in [-0.2, 0) is 11.8 Å². The van der Waals surface area contributed by atoms with E-state index in [9.17, 15) is 4.89 Å². The molecule has 3 nitrogen and oxygen atoms in total. The van der Waals surface area contributed by atoms with Crippen LogP contribution in [0, 0.1) is 0 Å². The van der Waals surface area contributed by atoms with Crippen molar-refractivity contribution in [2.45, 2.75) is 18.7 Å². The lowest BCUT2D eigenvalue weighted by Gasteiger charge is -2.27. The maximum atomic E-state index is 12.2. The molecule has 0 amide bonds. The zero-order valence-electron chi connectivity index (χ0n) is 13.4. The summed E-state index contributed by atoms with van der Waals surface area (Å²) in [5.41, 5.74) is -3.25. The number of hydrogen-bond donors (Lipinski definition) is 1. The fourth-order valence-corrected chi connectivity index (χ4v) is 5.28. The standard InChI is InChI=1S/C12H9Cl2O2PS2.C4H11N/c13-9-1-5-11(6-2-9)16-17(15,18)19-12-7-3-10(14)4-8-12;1-3-5-4-2/h1-8H,(H,15,18);5H,3-4H2,1-2H3. The molecule has 2 rings (SSSR count). The van der Waals surface area contributed by atoms with Crippen molar-refractivity contribution in [3.63, 3.8) is 0 Å². The van der Waals surface area contributed by atoms with Crippen LogP contribution in [0.1, 0.15) is 13.8 Å². The summed E-state index contributed by atoms with van der Waals surface area (Å²) < 4.78 is 5.33. The maximum Gasteiger partial charge on any atom is 0.123 e. The molecule has 0 saturated heterocycles. The first kappa shape index (κ1) is 21.8. The van der Waals surface area contributed by atoms with Gasteiger partial charge in [-0.25, -0.2) is 0 Å². The molecule has 0 fully saturated rings. The summed E-state index contributed by atoms with van der Waals surface area (Å²) in [5.74, 6) is 0.434. The van der Waals surface area contributed by atoms with Crippen molar-refractivity contribution in [2.24, 2.45) is 0 Å². The second kappa shape index (κ2) is 11.4. The number of hydrogen-bond acceptors (Lipinski definition) is 4. The monoisotopic (exact) mass is 423 g/mol. The van der Waals surface area contributed by atoms with Gasteiger partial charge in [0, 0.05) is 14.9 Å². The smallest absolute Gasteiger partial charge is 0.123 e. The molecule has 24 heavy (non-hydrogen) atoms. The largest absolute Gasteiger partial charge is 0.783 e. The van der Waals surface area contributed by atoms with E-state index in [-0.39, 0.29) is 0 Å². The Hall–Kier alpha value is -0.260. The van der Waals surface area contributed by atoms with Gasteiger partial charge in [0.15, 0.2) is 0 Å². The molecule has 2 N–H and O–H groups in total. The molecule has 2 aromatic carbocycles. The minimum atomic E-state index is -3.25. The van der Waals surface area contributed by atoms with Crippen LogP contribution in [0.25, 0.3) is 0 Å². The molecule has 1 atom stereocenters. The van der Waals surface area contributed by atoms with Gasteiger partial charge in [-0.15, -0.1) is 0 Å². The van der Waals surface area contributed by atoms with Crippen molar-refractivity contribution in [3.8, 4) is 5.75 Å². The summed E-state index contributed by atoms with van der Waals surface area (Å²) in [6.45, 7) is 6.75. The molecular formula is C16H20Cl2NO2PS2. The van der Waals surface area contributed by atoms with Crippen molar-refractivity contribution in [1.82, 2.24) is 0 Å². The van der Waals surface area contributed by atoms with Crippen molar-refractivity contribution < 1.29 is 14.7 Å². The van der Waals surface area contributed by atoms with Crippen LogP contribution in [0.2, 0.25) is 10.0 Å². The van der Waals surface area contributed by atoms with E-state index < -0.39 is 5.69 Å². The third kappa shape index (κ3) is 9.28. The lowest BCUT2D eigenvalue weighted by molar-refractivity contribution is -0.648. The highest BCUT2D eigenvalue weighted by Crippen LogP contribution is 2.55. The van der Waals surface area contributed by atoms with Gasteiger partial charge in [0.1, 0.15) is 11.4 Å². The van der Waals surface area contributed by atoms with Gasteiger partial charge < -0.3 is 14.7 Å². The molecule has 0 radical (unpaired) electrons. The lowest BCUT2D eigenvalue weighted by Crippen LogP contribution is -2.82. The Balaban J connectivity index is 0.000000505. The predicted molar refractivity (Wildman–Crippen MR) is 107 cm³/mol. The molecule has 0 spiro atoms. The van der Waals surface area contributed by atoms with Gasteiger partial charge in [-0.05, 0) is 62.4 Å². The molecule has 0 aliphatic heterocycles. The van der Waals surface area contributed by atoms with Crippen LogP contribution in [-0.4, -0.2) is 13.1 Å². The molecule has 0 heterocycles. The zero-order chi connectivity index (χ0) is 18.0. The van der Waals surface area contributed by atoms with Gasteiger partial charge in [0.2, 0.25) is 0 Å². The molecular weight excluding hydrogens is 404 g/mol. The molecule has 0 aliphatic carbocycles. The zero-order valence-corrected chi connectivity index (χ0v) is 17.5. The van der Waals surface area contributed by atoms with Crippen molar-refractivity contribution in [1.29, 1.82) is 0 Å². The fourth-order valence-electron chi connectivity index (χ4n) is 1.56. The van der Waals surface area contributed by atoms with Gasteiger partial charge in [-0.2, -0.15) is 0 Å². The van der Waals surface area contributed by atoms with Gasteiger partial charge in [-0.1, -0.05) is 46.4 Å². The highest BCUT2D eigenvalue weighted by molar-refractivity contribution is 8.67. The predicted octanol–water partition coefficient (Wildman–Crippen LogP) is 4.34. The Bertz CT molecular complexity index is 601. The third-order valence-corrected chi connectivity index (χ3v) is 6.71. The van der Waals surface area contributed by atoms with E-state index in [0.29, 0.717) is 15.8 Å². The summed E-state index contributed by atoms with van der Waals surface area (Å²) in [5, 5.41) is 3.44. The molecule has 132 valence electrons. The average molecular weight is 424 g/mol. The van der Waals surface area contributed by atoms with Crippen LogP contribution < -0.4 is 14.7 Å². The number of benzene rings is 2. The SMILES string of the molecule is CC[NH2+]CC.[O-]P(=S)(Oc1ccc(Cl)cc1)Sc1ccc(Cl)cc1. The molecule has 2 aromatic rings. The van der Waals surface area contributed by atoms with Crippen LogP contribution >= 0.6 is 40.3 Å². The number of halogens is 2. The first-order chi connectivity index (χ1) is 11.4. The minimum absolute atomic E-state index is 0.434. The summed E-state index contributed by atoms with van der Waals surface area (Å²) in [6, 6.07) is 13.5. The Morgan fingerprint density at radius 3 is 1.88 bits per heavy atom. The van der Waals surface area contributed by atoms with Gasteiger partial charge in [-0.3, -0.25) is 0 Å². The summed E-state index contributed by atoms with van der Waals surface area (Å²) >= 11 is 17.6. The van der Waals surface area contributed by atoms with Crippen LogP contribution in [0.15, 0.2) is 53.4 Å². The topological polar surface area (TPSA) is 48.9 Å². The highest BCUT2D eigenvalue weighted by atomic mass is 35.5. The van der Waals surface area contributed by atoms with Crippen molar-refractivity contribution in [2.75, 3.05) is 13.1 Å².